The van der Waals surface area contributed by atoms with Crippen LogP contribution in [-0.4, -0.2) is 40.5 Å². The number of likely N-dealkylation sites (N-methyl/N-ethyl adjacent to an activating group) is 1. The maximum absolute atomic E-state index is 5.86. The van der Waals surface area contributed by atoms with Gasteiger partial charge in [0.2, 0.25) is 0 Å². The van der Waals surface area contributed by atoms with Gasteiger partial charge < -0.3 is 19.5 Å². The van der Waals surface area contributed by atoms with Crippen molar-refractivity contribution in [2.45, 2.75) is 19.4 Å². The third kappa shape index (κ3) is 6.05. The van der Waals surface area contributed by atoms with E-state index in [1.807, 2.05) is 31.3 Å². The highest BCUT2D eigenvalue weighted by Gasteiger charge is 2.11. The maximum atomic E-state index is 5.86. The Morgan fingerprint density at radius 2 is 1.84 bits per heavy atom. The predicted octanol–water partition coefficient (Wildman–Crippen LogP) is 2.40. The summed E-state index contributed by atoms with van der Waals surface area (Å²) in [7, 11) is 3.59. The lowest BCUT2D eigenvalue weighted by molar-refractivity contribution is 0.00495. The third-order valence-electron chi connectivity index (χ3n) is 2.77. The van der Waals surface area contributed by atoms with Gasteiger partial charge in [0.1, 0.15) is 5.75 Å². The van der Waals surface area contributed by atoms with Gasteiger partial charge in [-0.3, -0.25) is 0 Å². The molecule has 0 saturated carbocycles. The van der Waals surface area contributed by atoms with Crippen molar-refractivity contribution in [1.82, 2.24) is 5.32 Å². The van der Waals surface area contributed by atoms with Gasteiger partial charge in [-0.15, -0.1) is 0 Å². The SMILES string of the molecule is CCCOCCOC(CNC)c1ccc(OC)cc1. The molecule has 0 aliphatic rings. The summed E-state index contributed by atoms with van der Waals surface area (Å²) >= 11 is 0. The van der Waals surface area contributed by atoms with Crippen LogP contribution in [0.2, 0.25) is 0 Å². The van der Waals surface area contributed by atoms with Gasteiger partial charge in [0.25, 0.3) is 0 Å². The van der Waals surface area contributed by atoms with E-state index in [1.54, 1.807) is 7.11 Å². The third-order valence-corrected chi connectivity index (χ3v) is 2.77. The number of hydrogen-bond donors (Lipinski definition) is 1. The van der Waals surface area contributed by atoms with Crippen LogP contribution < -0.4 is 10.1 Å². The first kappa shape index (κ1) is 16.0. The fraction of sp³-hybridized carbons (Fsp3) is 0.600. The van der Waals surface area contributed by atoms with E-state index in [4.69, 9.17) is 14.2 Å². The van der Waals surface area contributed by atoms with Crippen LogP contribution in [0.4, 0.5) is 0 Å². The minimum absolute atomic E-state index is 0.0427. The fourth-order valence-electron chi connectivity index (χ4n) is 1.77. The number of rotatable bonds is 10. The normalized spacial score (nSPS) is 12.4. The van der Waals surface area contributed by atoms with Gasteiger partial charge in [-0.25, -0.2) is 0 Å². The summed E-state index contributed by atoms with van der Waals surface area (Å²) in [5.41, 5.74) is 1.14. The number of ether oxygens (including phenoxy) is 3. The molecule has 0 saturated heterocycles. The molecule has 4 heteroatoms. The first-order chi connectivity index (χ1) is 9.31. The average molecular weight is 267 g/mol. The highest BCUT2D eigenvalue weighted by molar-refractivity contribution is 5.28. The van der Waals surface area contributed by atoms with Crippen LogP contribution in [0.25, 0.3) is 0 Å². The first-order valence-corrected chi connectivity index (χ1v) is 6.79. The van der Waals surface area contributed by atoms with Gasteiger partial charge in [-0.2, -0.15) is 0 Å². The first-order valence-electron chi connectivity index (χ1n) is 6.79. The summed E-state index contributed by atoms with van der Waals surface area (Å²) in [5, 5.41) is 3.15. The zero-order valence-corrected chi connectivity index (χ0v) is 12.1. The minimum atomic E-state index is 0.0427. The zero-order chi connectivity index (χ0) is 13.9. The molecule has 0 radical (unpaired) electrons. The lowest BCUT2D eigenvalue weighted by atomic mass is 10.1. The van der Waals surface area contributed by atoms with Crippen LogP contribution >= 0.6 is 0 Å². The molecule has 1 aromatic carbocycles. The molecular weight excluding hydrogens is 242 g/mol. The van der Waals surface area contributed by atoms with Crippen LogP contribution in [0.3, 0.4) is 0 Å². The molecule has 1 N–H and O–H groups in total. The molecule has 1 rings (SSSR count). The largest absolute Gasteiger partial charge is 0.497 e. The van der Waals surface area contributed by atoms with Crippen LogP contribution in [0.5, 0.6) is 5.75 Å². The quantitative estimate of drug-likeness (QED) is 0.661. The van der Waals surface area contributed by atoms with Crippen molar-refractivity contribution < 1.29 is 14.2 Å². The van der Waals surface area contributed by atoms with E-state index < -0.39 is 0 Å². The van der Waals surface area contributed by atoms with Gasteiger partial charge in [0.05, 0.1) is 26.4 Å². The zero-order valence-electron chi connectivity index (χ0n) is 12.1. The number of methoxy groups -OCH3 is 1. The Hall–Kier alpha value is -1.10. The molecule has 0 aliphatic heterocycles. The predicted molar refractivity (Wildman–Crippen MR) is 76.7 cm³/mol. The lowest BCUT2D eigenvalue weighted by Gasteiger charge is -2.18. The van der Waals surface area contributed by atoms with Crippen molar-refractivity contribution in [1.29, 1.82) is 0 Å². The molecule has 19 heavy (non-hydrogen) atoms. The minimum Gasteiger partial charge on any atom is -0.497 e. The van der Waals surface area contributed by atoms with Crippen LogP contribution in [0, 0.1) is 0 Å². The molecule has 1 unspecified atom stereocenters. The summed E-state index contributed by atoms with van der Waals surface area (Å²) < 4.78 is 16.4. The fourth-order valence-corrected chi connectivity index (χ4v) is 1.77. The molecule has 0 bridgehead atoms. The maximum Gasteiger partial charge on any atom is 0.118 e. The molecular formula is C15H25NO3. The Balaban J connectivity index is 2.45. The average Bonchev–Trinajstić information content (AvgIpc) is 2.46. The van der Waals surface area contributed by atoms with Crippen LogP contribution in [-0.2, 0) is 9.47 Å². The van der Waals surface area contributed by atoms with E-state index in [1.165, 1.54) is 0 Å². The summed E-state index contributed by atoms with van der Waals surface area (Å²) in [6.45, 7) is 4.92. The van der Waals surface area contributed by atoms with E-state index in [-0.39, 0.29) is 6.10 Å². The molecule has 0 aliphatic carbocycles. The molecule has 1 aromatic rings. The summed E-state index contributed by atoms with van der Waals surface area (Å²) in [6, 6.07) is 7.98. The molecule has 1 atom stereocenters. The Kier molecular flexibility index (Phi) is 8.21. The Labute approximate surface area is 116 Å². The highest BCUT2D eigenvalue weighted by Crippen LogP contribution is 2.20. The van der Waals surface area contributed by atoms with Gasteiger partial charge in [-0.1, -0.05) is 19.1 Å². The molecule has 0 spiro atoms. The van der Waals surface area contributed by atoms with Crippen LogP contribution in [0.15, 0.2) is 24.3 Å². The Bertz CT molecular complexity index is 327. The summed E-state index contributed by atoms with van der Waals surface area (Å²) in [5.74, 6) is 0.859. The van der Waals surface area contributed by atoms with E-state index in [0.29, 0.717) is 13.2 Å². The van der Waals surface area contributed by atoms with E-state index in [0.717, 1.165) is 30.9 Å². The number of hydrogen-bond acceptors (Lipinski definition) is 4. The second-order valence-electron chi connectivity index (χ2n) is 4.30. The topological polar surface area (TPSA) is 39.7 Å². The van der Waals surface area contributed by atoms with Crippen molar-refractivity contribution in [2.24, 2.45) is 0 Å². The van der Waals surface area contributed by atoms with E-state index >= 15 is 0 Å². The van der Waals surface area contributed by atoms with E-state index in [2.05, 4.69) is 12.2 Å². The number of nitrogens with one attached hydrogen (secondary N) is 1. The highest BCUT2D eigenvalue weighted by atomic mass is 16.5. The monoisotopic (exact) mass is 267 g/mol. The van der Waals surface area contributed by atoms with Gasteiger partial charge in [0, 0.05) is 13.2 Å². The van der Waals surface area contributed by atoms with Crippen molar-refractivity contribution in [3.05, 3.63) is 29.8 Å². The molecule has 0 aromatic heterocycles. The van der Waals surface area contributed by atoms with Crippen molar-refractivity contribution in [3.63, 3.8) is 0 Å². The van der Waals surface area contributed by atoms with Crippen molar-refractivity contribution in [3.8, 4) is 5.75 Å². The van der Waals surface area contributed by atoms with Crippen molar-refractivity contribution in [2.75, 3.05) is 40.5 Å². The molecule has 4 nitrogen and oxygen atoms in total. The summed E-state index contributed by atoms with van der Waals surface area (Å²) in [4.78, 5) is 0. The molecule has 0 fully saturated rings. The molecule has 108 valence electrons. The molecule has 0 heterocycles. The molecule has 0 amide bonds. The van der Waals surface area contributed by atoms with Gasteiger partial charge >= 0.3 is 0 Å². The number of benzene rings is 1. The second-order valence-corrected chi connectivity index (χ2v) is 4.30. The van der Waals surface area contributed by atoms with E-state index in [9.17, 15) is 0 Å². The van der Waals surface area contributed by atoms with Crippen molar-refractivity contribution >= 4 is 0 Å². The summed E-state index contributed by atoms with van der Waals surface area (Å²) in [6.07, 6.45) is 1.08. The lowest BCUT2D eigenvalue weighted by Crippen LogP contribution is -2.21. The smallest absolute Gasteiger partial charge is 0.118 e. The van der Waals surface area contributed by atoms with Crippen LogP contribution in [0.1, 0.15) is 25.0 Å². The second kappa shape index (κ2) is 9.78. The Morgan fingerprint density at radius 3 is 2.42 bits per heavy atom. The Morgan fingerprint density at radius 1 is 1.11 bits per heavy atom. The standard InChI is InChI=1S/C15H25NO3/c1-4-9-18-10-11-19-15(12-16-2)13-5-7-14(17-3)8-6-13/h5-8,15-16H,4,9-12H2,1-3H3. The van der Waals surface area contributed by atoms with Gasteiger partial charge in [0.15, 0.2) is 0 Å². The van der Waals surface area contributed by atoms with Gasteiger partial charge in [-0.05, 0) is 31.2 Å².